The van der Waals surface area contributed by atoms with E-state index in [1.165, 1.54) is 37.9 Å². The molecule has 0 aromatic heterocycles. The van der Waals surface area contributed by atoms with Crippen LogP contribution in [0.2, 0.25) is 0 Å². The molecule has 0 radical (unpaired) electrons. The topological polar surface area (TPSA) is 0 Å². The van der Waals surface area contributed by atoms with E-state index >= 15 is 0 Å². The van der Waals surface area contributed by atoms with Crippen molar-refractivity contribution in [2.45, 2.75) is 51.2 Å². The Hall–Kier alpha value is 0.700. The minimum atomic E-state index is 0.856. The molecule has 1 unspecified atom stereocenters. The molecule has 1 atom stereocenters. The molecule has 12 heavy (non-hydrogen) atoms. The smallest absolute Gasteiger partial charge is 0.00160 e. The van der Waals surface area contributed by atoms with Gasteiger partial charge in [-0.3, -0.25) is 0 Å². The van der Waals surface area contributed by atoms with Crippen molar-refractivity contribution in [1.29, 1.82) is 0 Å². The second-order valence-electron chi connectivity index (χ2n) is 3.23. The SMILES string of the molecule is CCC(C)SCCCCCCS. The molecule has 0 aliphatic carbocycles. The average Bonchev–Trinajstić information content (AvgIpc) is 2.10. The van der Waals surface area contributed by atoms with Crippen LogP contribution in [-0.2, 0) is 0 Å². The van der Waals surface area contributed by atoms with Crippen molar-refractivity contribution in [3.63, 3.8) is 0 Å². The first-order valence-electron chi connectivity index (χ1n) is 5.03. The summed E-state index contributed by atoms with van der Waals surface area (Å²) in [5.74, 6) is 2.40. The molecule has 0 heterocycles. The molecule has 0 saturated heterocycles. The van der Waals surface area contributed by atoms with Crippen LogP contribution in [0.25, 0.3) is 0 Å². The third-order valence-corrected chi connectivity index (χ3v) is 3.77. The predicted octanol–water partition coefficient (Wildman–Crippen LogP) is 4.01. The molecule has 0 saturated carbocycles. The van der Waals surface area contributed by atoms with Crippen LogP contribution in [0.5, 0.6) is 0 Å². The Kier molecular flexibility index (Phi) is 10.4. The summed E-state index contributed by atoms with van der Waals surface area (Å²) in [5.41, 5.74) is 0. The number of hydrogen-bond donors (Lipinski definition) is 1. The summed E-state index contributed by atoms with van der Waals surface area (Å²) in [6, 6.07) is 0. The van der Waals surface area contributed by atoms with Crippen molar-refractivity contribution in [3.8, 4) is 0 Å². The van der Waals surface area contributed by atoms with Crippen molar-refractivity contribution in [2.24, 2.45) is 0 Å². The van der Waals surface area contributed by atoms with E-state index < -0.39 is 0 Å². The standard InChI is InChI=1S/C10H22S2/c1-3-10(2)12-9-7-5-4-6-8-11/h10-11H,3-9H2,1-2H3. The van der Waals surface area contributed by atoms with Crippen molar-refractivity contribution < 1.29 is 0 Å². The molecular formula is C10H22S2. The maximum absolute atomic E-state index is 4.19. The molecule has 0 fully saturated rings. The highest BCUT2D eigenvalue weighted by atomic mass is 32.2. The van der Waals surface area contributed by atoms with E-state index in [2.05, 4.69) is 38.2 Å². The molecule has 0 aliphatic rings. The van der Waals surface area contributed by atoms with Gasteiger partial charge in [-0.15, -0.1) is 0 Å². The van der Waals surface area contributed by atoms with Gasteiger partial charge in [-0.25, -0.2) is 0 Å². The van der Waals surface area contributed by atoms with E-state index in [0.29, 0.717) is 0 Å². The van der Waals surface area contributed by atoms with Gasteiger partial charge in [0.2, 0.25) is 0 Å². The Labute approximate surface area is 87.3 Å². The molecule has 0 aromatic rings. The monoisotopic (exact) mass is 206 g/mol. The Balaban J connectivity index is 2.90. The fourth-order valence-electron chi connectivity index (χ4n) is 0.970. The van der Waals surface area contributed by atoms with Crippen molar-refractivity contribution >= 4 is 24.4 Å². The molecule has 0 amide bonds. The van der Waals surface area contributed by atoms with Crippen LogP contribution in [0.1, 0.15) is 46.0 Å². The molecular weight excluding hydrogens is 184 g/mol. The Morgan fingerprint density at radius 3 is 2.42 bits per heavy atom. The fourth-order valence-corrected chi connectivity index (χ4v) is 2.20. The number of thioether (sulfide) groups is 1. The lowest BCUT2D eigenvalue weighted by Crippen LogP contribution is -1.94. The van der Waals surface area contributed by atoms with E-state index in [4.69, 9.17) is 0 Å². The maximum atomic E-state index is 4.19. The van der Waals surface area contributed by atoms with E-state index in [1.54, 1.807) is 0 Å². The molecule has 0 spiro atoms. The number of hydrogen-bond acceptors (Lipinski definition) is 2. The highest BCUT2D eigenvalue weighted by Gasteiger charge is 1.97. The number of thiol groups is 1. The van der Waals surface area contributed by atoms with Crippen LogP contribution >= 0.6 is 24.4 Å². The normalized spacial score (nSPS) is 13.2. The minimum Gasteiger partial charge on any atom is -0.179 e. The average molecular weight is 206 g/mol. The molecule has 0 rings (SSSR count). The molecule has 2 heteroatoms. The summed E-state index contributed by atoms with van der Waals surface area (Å²) >= 11 is 6.30. The molecule has 74 valence electrons. The van der Waals surface area contributed by atoms with Gasteiger partial charge < -0.3 is 0 Å². The molecule has 0 aliphatic heterocycles. The zero-order valence-corrected chi connectivity index (χ0v) is 10.1. The van der Waals surface area contributed by atoms with Crippen LogP contribution < -0.4 is 0 Å². The molecule has 0 nitrogen and oxygen atoms in total. The van der Waals surface area contributed by atoms with Gasteiger partial charge in [-0.05, 0) is 30.8 Å². The summed E-state index contributed by atoms with van der Waals surface area (Å²) in [5, 5.41) is 0.856. The predicted molar refractivity (Wildman–Crippen MR) is 64.5 cm³/mol. The molecule has 0 bridgehead atoms. The summed E-state index contributed by atoms with van der Waals surface area (Å²) in [6.45, 7) is 4.58. The summed E-state index contributed by atoms with van der Waals surface area (Å²) in [7, 11) is 0. The second-order valence-corrected chi connectivity index (χ2v) is 5.22. The summed E-state index contributed by atoms with van der Waals surface area (Å²) in [6.07, 6.45) is 6.75. The van der Waals surface area contributed by atoms with Gasteiger partial charge in [0.25, 0.3) is 0 Å². The third-order valence-electron chi connectivity index (χ3n) is 2.03. The zero-order valence-electron chi connectivity index (χ0n) is 8.38. The summed E-state index contributed by atoms with van der Waals surface area (Å²) < 4.78 is 0. The van der Waals surface area contributed by atoms with E-state index in [0.717, 1.165) is 11.0 Å². The van der Waals surface area contributed by atoms with E-state index in [-0.39, 0.29) is 0 Å². The molecule has 0 aromatic carbocycles. The Bertz CT molecular complexity index is 83.9. The number of rotatable bonds is 8. The van der Waals surface area contributed by atoms with Crippen LogP contribution in [0.15, 0.2) is 0 Å². The Morgan fingerprint density at radius 1 is 1.17 bits per heavy atom. The maximum Gasteiger partial charge on any atom is 0.00160 e. The highest BCUT2D eigenvalue weighted by molar-refractivity contribution is 7.99. The lowest BCUT2D eigenvalue weighted by molar-refractivity contribution is 0.711. The van der Waals surface area contributed by atoms with Crippen LogP contribution in [0.4, 0.5) is 0 Å². The van der Waals surface area contributed by atoms with E-state index in [9.17, 15) is 0 Å². The van der Waals surface area contributed by atoms with Crippen LogP contribution in [0, 0.1) is 0 Å². The highest BCUT2D eigenvalue weighted by Crippen LogP contribution is 2.15. The first-order valence-corrected chi connectivity index (χ1v) is 6.71. The first kappa shape index (κ1) is 12.7. The van der Waals surface area contributed by atoms with Crippen LogP contribution in [-0.4, -0.2) is 16.8 Å². The van der Waals surface area contributed by atoms with Gasteiger partial charge in [0.15, 0.2) is 0 Å². The van der Waals surface area contributed by atoms with Crippen molar-refractivity contribution in [2.75, 3.05) is 11.5 Å². The zero-order chi connectivity index (χ0) is 9.23. The summed E-state index contributed by atoms with van der Waals surface area (Å²) in [4.78, 5) is 0. The lowest BCUT2D eigenvalue weighted by atomic mass is 10.2. The minimum absolute atomic E-state index is 0.856. The second kappa shape index (κ2) is 9.79. The van der Waals surface area contributed by atoms with E-state index in [1.807, 2.05) is 0 Å². The van der Waals surface area contributed by atoms with Gasteiger partial charge in [-0.1, -0.05) is 26.7 Å². The van der Waals surface area contributed by atoms with Gasteiger partial charge >= 0.3 is 0 Å². The van der Waals surface area contributed by atoms with Crippen molar-refractivity contribution in [1.82, 2.24) is 0 Å². The quantitative estimate of drug-likeness (QED) is 0.462. The largest absolute Gasteiger partial charge is 0.179 e. The van der Waals surface area contributed by atoms with Crippen LogP contribution in [0.3, 0.4) is 0 Å². The Morgan fingerprint density at radius 2 is 1.83 bits per heavy atom. The van der Waals surface area contributed by atoms with Crippen molar-refractivity contribution in [3.05, 3.63) is 0 Å². The van der Waals surface area contributed by atoms with Gasteiger partial charge in [-0.2, -0.15) is 24.4 Å². The number of unbranched alkanes of at least 4 members (excludes halogenated alkanes) is 3. The lowest BCUT2D eigenvalue weighted by Gasteiger charge is -2.06. The third kappa shape index (κ3) is 8.79. The fraction of sp³-hybridized carbons (Fsp3) is 1.00. The molecule has 0 N–H and O–H groups in total. The van der Waals surface area contributed by atoms with Gasteiger partial charge in [0, 0.05) is 5.25 Å². The first-order chi connectivity index (χ1) is 5.81. The van der Waals surface area contributed by atoms with Gasteiger partial charge in [0.1, 0.15) is 0 Å². The van der Waals surface area contributed by atoms with Gasteiger partial charge in [0.05, 0.1) is 0 Å².